The van der Waals surface area contributed by atoms with Crippen molar-refractivity contribution in [2.75, 3.05) is 0 Å². The Kier molecular flexibility index (Phi) is 69.5. The number of hydrogen-bond acceptors (Lipinski definition) is 5. The van der Waals surface area contributed by atoms with E-state index in [1.807, 2.05) is 27.7 Å². The number of ketones is 1. The molecule has 0 aliphatic carbocycles. The molecule has 0 bridgehead atoms. The van der Waals surface area contributed by atoms with E-state index in [-0.39, 0.29) is 150 Å². The quantitative estimate of drug-likeness (QED) is 0.354. The van der Waals surface area contributed by atoms with E-state index in [9.17, 15) is 24.6 Å². The van der Waals surface area contributed by atoms with E-state index in [1.165, 1.54) is 0 Å². The molecule has 0 radical (unpaired) electrons. The van der Waals surface area contributed by atoms with Gasteiger partial charge in [-0.05, 0) is 38.0 Å². The van der Waals surface area contributed by atoms with Crippen LogP contribution in [0.15, 0.2) is 0 Å². The molecular weight excluding hydrogens is 446 g/mol. The van der Waals surface area contributed by atoms with Gasteiger partial charge in [0.25, 0.3) is 0 Å². The molecule has 0 spiro atoms. The van der Waals surface area contributed by atoms with Crippen molar-refractivity contribution in [3.05, 3.63) is 0 Å². The Balaban J connectivity index is -0.0000000193. The van der Waals surface area contributed by atoms with Crippen molar-refractivity contribution in [2.24, 2.45) is 17.8 Å². The van der Waals surface area contributed by atoms with Gasteiger partial charge in [-0.3, -0.25) is 4.79 Å². The van der Waals surface area contributed by atoms with Crippen LogP contribution in [0.3, 0.4) is 0 Å². The molecule has 0 amide bonds. The van der Waals surface area contributed by atoms with Crippen LogP contribution in [0.5, 0.6) is 0 Å². The summed E-state index contributed by atoms with van der Waals surface area (Å²) >= 11 is 0. The van der Waals surface area contributed by atoms with Gasteiger partial charge in [-0.25, -0.2) is 0 Å². The molecule has 0 aromatic rings. The summed E-state index contributed by atoms with van der Waals surface area (Å²) in [6, 6.07) is 0. The summed E-state index contributed by atoms with van der Waals surface area (Å²) in [5.74, 6) is -1.94. The number of carboxylic acid groups (broad SMARTS) is 2. The fourth-order valence-electron chi connectivity index (χ4n) is 0.621. The van der Waals surface area contributed by atoms with E-state index in [1.54, 1.807) is 20.8 Å². The monoisotopic (exact) mass is 477 g/mol. The van der Waals surface area contributed by atoms with Crippen molar-refractivity contribution in [3.63, 3.8) is 0 Å². The molecule has 0 aliphatic heterocycles. The molecule has 26 heavy (non-hydrogen) atoms. The van der Waals surface area contributed by atoms with Crippen LogP contribution in [-0.4, -0.2) is 93.2 Å². The minimum atomic E-state index is -0.956. The molecule has 0 fully saturated rings. The molecule has 0 saturated heterocycles. The van der Waals surface area contributed by atoms with E-state index in [4.69, 9.17) is 0 Å². The van der Waals surface area contributed by atoms with Crippen molar-refractivity contribution in [1.82, 2.24) is 0 Å². The zero-order chi connectivity index (χ0) is 17.6. The predicted octanol–water partition coefficient (Wildman–Crippen LogP) is -8.34. The van der Waals surface area contributed by atoms with Crippen molar-refractivity contribution in [2.45, 2.75) is 67.7 Å². The molecule has 0 aromatic heterocycles. The van der Waals surface area contributed by atoms with Crippen LogP contribution in [0, 0.1) is 17.8 Å². The molecule has 0 saturated carbocycles. The van der Waals surface area contributed by atoms with Crippen molar-refractivity contribution in [3.8, 4) is 0 Å². The smallest absolute Gasteiger partial charge is 1.00 e. The maximum atomic E-state index is 10.4. The van der Waals surface area contributed by atoms with Crippen LogP contribution < -0.4 is 64.6 Å². The Hall–Kier alpha value is 2.71. The van der Waals surface area contributed by atoms with Gasteiger partial charge in [0, 0.05) is 17.9 Å². The molecule has 0 rings (SSSR count). The topological polar surface area (TPSA) is 97.3 Å². The molecule has 0 N–H and O–H groups in total. The van der Waals surface area contributed by atoms with Crippen molar-refractivity contribution in [1.29, 1.82) is 0 Å². The molecular formula is C16H32Ca2Cl2NaO5-. The van der Waals surface area contributed by atoms with E-state index in [2.05, 4.69) is 0 Å². The molecule has 0 heterocycles. The summed E-state index contributed by atoms with van der Waals surface area (Å²) in [5.41, 5.74) is 0. The Morgan fingerprint density at radius 3 is 0.923 bits per heavy atom. The van der Waals surface area contributed by atoms with Crippen molar-refractivity contribution >= 4 is 93.2 Å². The standard InChI is InChI=1S/C6H12O.2C5H10O2.2Ca.2ClH.Na.2H/c1-4-5(2)6(3)7;2*1-3-4(2)5(6)7;;;;;;;/h5H,4H2,1-3H3;2*4H,3H2,1-2H3,(H,6,7);;;2*1H;;;/q;;;2*+2;;;+1;2*-1/p-4. The maximum Gasteiger partial charge on any atom is 2.00 e. The molecule has 3 atom stereocenters. The first-order valence-electron chi connectivity index (χ1n) is 7.46. The van der Waals surface area contributed by atoms with E-state index in [0.29, 0.717) is 18.6 Å². The Labute approximate surface area is 256 Å². The van der Waals surface area contributed by atoms with Gasteiger partial charge >= 0.3 is 105 Å². The first-order chi connectivity index (χ1) is 9.54. The number of rotatable bonds is 6. The number of aliphatic carboxylic acids is 2. The Morgan fingerprint density at radius 2 is 0.923 bits per heavy atom. The predicted molar refractivity (Wildman–Crippen MR) is 92.8 cm³/mol. The van der Waals surface area contributed by atoms with E-state index in [0.717, 1.165) is 6.42 Å². The van der Waals surface area contributed by atoms with Gasteiger partial charge in [-0.2, -0.15) is 0 Å². The molecule has 146 valence electrons. The van der Waals surface area contributed by atoms with Crippen LogP contribution in [0.25, 0.3) is 0 Å². The second kappa shape index (κ2) is 35.2. The number of Topliss-reactive ketones (excluding diaryl/α,β-unsaturated/α-hetero) is 1. The molecule has 5 nitrogen and oxygen atoms in total. The van der Waals surface area contributed by atoms with Gasteiger partial charge in [0.2, 0.25) is 0 Å². The van der Waals surface area contributed by atoms with Gasteiger partial charge in [0.1, 0.15) is 5.78 Å². The van der Waals surface area contributed by atoms with Crippen molar-refractivity contribution < 1.29 is 81.8 Å². The Morgan fingerprint density at radius 1 is 0.731 bits per heavy atom. The Bertz CT molecular complexity index is 288. The number of carbonyl (C=O) groups is 3. The third-order valence-corrected chi connectivity index (χ3v) is 3.34. The van der Waals surface area contributed by atoms with E-state index >= 15 is 0 Å². The number of carboxylic acids is 2. The van der Waals surface area contributed by atoms with Gasteiger partial charge in [0.15, 0.2) is 0 Å². The fraction of sp³-hybridized carbons (Fsp3) is 0.812. The van der Waals surface area contributed by atoms with Crippen LogP contribution >= 0.6 is 0 Å². The van der Waals surface area contributed by atoms with E-state index < -0.39 is 11.9 Å². The minimum Gasteiger partial charge on any atom is -1.00 e. The second-order valence-corrected chi connectivity index (χ2v) is 5.18. The number of halogens is 2. The fourth-order valence-corrected chi connectivity index (χ4v) is 0.621. The first-order valence-corrected chi connectivity index (χ1v) is 7.46. The normalized spacial score (nSPS) is 10.9. The summed E-state index contributed by atoms with van der Waals surface area (Å²) in [7, 11) is 0. The first kappa shape index (κ1) is 51.4. The molecule has 0 aliphatic rings. The largest absolute Gasteiger partial charge is 2.00 e. The molecule has 0 aromatic carbocycles. The van der Waals surface area contributed by atoms with Gasteiger partial charge in [-0.15, -0.1) is 0 Å². The summed E-state index contributed by atoms with van der Waals surface area (Å²) in [6.45, 7) is 12.5. The third-order valence-electron chi connectivity index (χ3n) is 3.34. The minimum absolute atomic E-state index is 0. The SMILES string of the molecule is CCC(C)C(=O)[O-].CCC(C)C(=O)[O-].CCC(C)C(C)=O.[Ca+2].[Ca+2].[Cl-].[Cl-].[H-].[H-].[Na+]. The zero-order valence-electron chi connectivity index (χ0n) is 19.6. The molecule has 3 unspecified atom stereocenters. The second-order valence-electron chi connectivity index (χ2n) is 5.18. The third kappa shape index (κ3) is 41.2. The van der Waals surface area contributed by atoms with Gasteiger partial charge in [-0.1, -0.05) is 41.5 Å². The van der Waals surface area contributed by atoms with Crippen LogP contribution in [0.4, 0.5) is 0 Å². The summed E-state index contributed by atoms with van der Waals surface area (Å²) in [6.07, 6.45) is 2.28. The van der Waals surface area contributed by atoms with Crippen LogP contribution in [0.1, 0.15) is 70.6 Å². The summed E-state index contributed by atoms with van der Waals surface area (Å²) in [4.78, 5) is 30.0. The number of carbonyl (C=O) groups excluding carboxylic acids is 3. The number of hydrogen-bond donors (Lipinski definition) is 0. The summed E-state index contributed by atoms with van der Waals surface area (Å²) in [5, 5.41) is 19.6. The average molecular weight is 478 g/mol. The summed E-state index contributed by atoms with van der Waals surface area (Å²) < 4.78 is 0. The average Bonchev–Trinajstić information content (AvgIpc) is 2.45. The van der Waals surface area contributed by atoms with Gasteiger partial charge in [0.05, 0.1) is 0 Å². The van der Waals surface area contributed by atoms with Crippen LogP contribution in [-0.2, 0) is 14.4 Å². The molecule has 10 heteroatoms. The van der Waals surface area contributed by atoms with Gasteiger partial charge < -0.3 is 47.5 Å². The maximum absolute atomic E-state index is 10.4. The zero-order valence-corrected chi connectivity index (χ0v) is 25.5. The van der Waals surface area contributed by atoms with Crippen LogP contribution in [0.2, 0.25) is 0 Å².